The van der Waals surface area contributed by atoms with E-state index in [1.54, 1.807) is 24.3 Å². The average molecular weight is 222 g/mol. The van der Waals surface area contributed by atoms with Gasteiger partial charge in [0.2, 0.25) is 0 Å². The Balaban J connectivity index is 2.52. The maximum absolute atomic E-state index is 11.7. The van der Waals surface area contributed by atoms with E-state index in [4.69, 9.17) is 10.8 Å². The minimum atomic E-state index is -0.127. The van der Waals surface area contributed by atoms with E-state index in [9.17, 15) is 4.79 Å². The summed E-state index contributed by atoms with van der Waals surface area (Å²) in [5.74, 6) is -0.127. The molecule has 88 valence electrons. The summed E-state index contributed by atoms with van der Waals surface area (Å²) in [6.45, 7) is 2.07. The second-order valence-corrected chi connectivity index (χ2v) is 3.87. The Bertz CT molecular complexity index is 353. The fraction of sp³-hybridized carbons (Fsp3) is 0.417. The van der Waals surface area contributed by atoms with Crippen LogP contribution in [0.15, 0.2) is 24.3 Å². The Hall–Kier alpha value is -1.55. The van der Waals surface area contributed by atoms with Crippen LogP contribution < -0.4 is 11.1 Å². The van der Waals surface area contributed by atoms with Crippen LogP contribution in [0.4, 0.5) is 5.69 Å². The third-order valence-electron chi connectivity index (χ3n) is 2.32. The molecule has 0 fully saturated rings. The second-order valence-electron chi connectivity index (χ2n) is 3.87. The van der Waals surface area contributed by atoms with Gasteiger partial charge in [-0.15, -0.1) is 0 Å². The number of carbonyl (C=O) groups is 1. The van der Waals surface area contributed by atoms with Gasteiger partial charge in [-0.2, -0.15) is 0 Å². The molecule has 0 aliphatic heterocycles. The summed E-state index contributed by atoms with van der Waals surface area (Å²) in [5.41, 5.74) is 6.74. The Kier molecular flexibility index (Phi) is 4.79. The van der Waals surface area contributed by atoms with Crippen LogP contribution in [0.2, 0.25) is 0 Å². The van der Waals surface area contributed by atoms with Gasteiger partial charge >= 0.3 is 0 Å². The number of anilines is 1. The molecule has 0 aliphatic carbocycles. The lowest BCUT2D eigenvalue weighted by Gasteiger charge is -2.13. The van der Waals surface area contributed by atoms with Crippen molar-refractivity contribution in [2.24, 2.45) is 0 Å². The van der Waals surface area contributed by atoms with Gasteiger partial charge in [0.1, 0.15) is 0 Å². The predicted octanol–water partition coefficient (Wildman–Crippen LogP) is 1.16. The first kappa shape index (κ1) is 12.5. The van der Waals surface area contributed by atoms with Crippen molar-refractivity contribution in [2.75, 3.05) is 12.3 Å². The molecule has 0 saturated heterocycles. The van der Waals surface area contributed by atoms with Gasteiger partial charge in [0.25, 0.3) is 5.91 Å². The highest BCUT2D eigenvalue weighted by atomic mass is 16.2. The van der Waals surface area contributed by atoms with Gasteiger partial charge in [-0.05, 0) is 38.0 Å². The van der Waals surface area contributed by atoms with Gasteiger partial charge in [-0.3, -0.25) is 4.79 Å². The quantitative estimate of drug-likeness (QED) is 0.654. The molecule has 0 radical (unpaired) electrons. The first-order valence-electron chi connectivity index (χ1n) is 5.40. The van der Waals surface area contributed by atoms with Gasteiger partial charge in [-0.1, -0.05) is 6.07 Å². The van der Waals surface area contributed by atoms with Crippen molar-refractivity contribution in [2.45, 2.75) is 25.8 Å². The van der Waals surface area contributed by atoms with Gasteiger partial charge < -0.3 is 16.2 Å². The predicted molar refractivity (Wildman–Crippen MR) is 64.1 cm³/mol. The number of amides is 1. The highest BCUT2D eigenvalue weighted by Gasteiger charge is 2.09. The van der Waals surface area contributed by atoms with Gasteiger partial charge in [-0.25, -0.2) is 0 Å². The van der Waals surface area contributed by atoms with Crippen LogP contribution in [0.3, 0.4) is 0 Å². The monoisotopic (exact) mass is 222 g/mol. The molecule has 16 heavy (non-hydrogen) atoms. The zero-order chi connectivity index (χ0) is 12.0. The van der Waals surface area contributed by atoms with Crippen LogP contribution in [0.5, 0.6) is 0 Å². The van der Waals surface area contributed by atoms with Crippen molar-refractivity contribution in [3.8, 4) is 0 Å². The topological polar surface area (TPSA) is 75.3 Å². The Labute approximate surface area is 95.5 Å². The summed E-state index contributed by atoms with van der Waals surface area (Å²) in [6.07, 6.45) is 1.46. The smallest absolute Gasteiger partial charge is 0.251 e. The number of hydrogen-bond donors (Lipinski definition) is 3. The molecule has 0 spiro atoms. The zero-order valence-corrected chi connectivity index (χ0v) is 9.44. The van der Waals surface area contributed by atoms with E-state index in [0.29, 0.717) is 17.7 Å². The third-order valence-corrected chi connectivity index (χ3v) is 2.32. The Morgan fingerprint density at radius 2 is 2.31 bits per heavy atom. The van der Waals surface area contributed by atoms with Crippen LogP contribution in [0.25, 0.3) is 0 Å². The summed E-state index contributed by atoms with van der Waals surface area (Å²) in [7, 11) is 0. The molecular formula is C12H18N2O2. The molecule has 1 amide bonds. The molecule has 1 unspecified atom stereocenters. The van der Waals surface area contributed by atoms with E-state index >= 15 is 0 Å². The number of nitrogen functional groups attached to an aromatic ring is 1. The molecule has 0 heterocycles. The number of rotatable bonds is 5. The summed E-state index contributed by atoms with van der Waals surface area (Å²) < 4.78 is 0. The molecule has 4 N–H and O–H groups in total. The maximum Gasteiger partial charge on any atom is 0.251 e. The average Bonchev–Trinajstić information content (AvgIpc) is 2.26. The fourth-order valence-corrected chi connectivity index (χ4v) is 1.46. The first-order valence-corrected chi connectivity index (χ1v) is 5.40. The van der Waals surface area contributed by atoms with E-state index < -0.39 is 0 Å². The molecule has 0 aromatic heterocycles. The maximum atomic E-state index is 11.7. The van der Waals surface area contributed by atoms with Crippen LogP contribution >= 0.6 is 0 Å². The molecule has 1 atom stereocenters. The van der Waals surface area contributed by atoms with Crippen LogP contribution in [0, 0.1) is 0 Å². The van der Waals surface area contributed by atoms with Crippen molar-refractivity contribution in [3.63, 3.8) is 0 Å². The second kappa shape index (κ2) is 6.12. The first-order chi connectivity index (χ1) is 7.63. The van der Waals surface area contributed by atoms with E-state index in [1.807, 2.05) is 6.92 Å². The molecule has 4 nitrogen and oxygen atoms in total. The summed E-state index contributed by atoms with van der Waals surface area (Å²) in [5, 5.41) is 11.5. The number of nitrogens with two attached hydrogens (primary N) is 1. The zero-order valence-electron chi connectivity index (χ0n) is 9.44. The van der Waals surface area contributed by atoms with E-state index in [1.165, 1.54) is 0 Å². The van der Waals surface area contributed by atoms with E-state index in [-0.39, 0.29) is 18.6 Å². The van der Waals surface area contributed by atoms with Crippen molar-refractivity contribution in [3.05, 3.63) is 29.8 Å². The van der Waals surface area contributed by atoms with Gasteiger partial charge in [0, 0.05) is 23.9 Å². The van der Waals surface area contributed by atoms with Crippen LogP contribution in [-0.4, -0.2) is 23.7 Å². The van der Waals surface area contributed by atoms with Gasteiger partial charge in [0.15, 0.2) is 0 Å². The number of nitrogens with one attached hydrogen (secondary N) is 1. The normalized spacial score (nSPS) is 12.1. The molecular weight excluding hydrogens is 204 g/mol. The fourth-order valence-electron chi connectivity index (χ4n) is 1.46. The molecule has 4 heteroatoms. The molecule has 0 aliphatic rings. The summed E-state index contributed by atoms with van der Waals surface area (Å²) in [6, 6.07) is 6.92. The van der Waals surface area contributed by atoms with Gasteiger partial charge in [0.05, 0.1) is 0 Å². The highest BCUT2D eigenvalue weighted by molar-refractivity contribution is 5.95. The summed E-state index contributed by atoms with van der Waals surface area (Å²) in [4.78, 5) is 11.7. The van der Waals surface area contributed by atoms with Crippen molar-refractivity contribution in [1.82, 2.24) is 5.32 Å². The van der Waals surface area contributed by atoms with Crippen LogP contribution in [-0.2, 0) is 0 Å². The van der Waals surface area contributed by atoms with Crippen LogP contribution in [0.1, 0.15) is 30.1 Å². The van der Waals surface area contributed by atoms with E-state index in [0.717, 1.165) is 6.42 Å². The van der Waals surface area contributed by atoms with Crippen molar-refractivity contribution < 1.29 is 9.90 Å². The minimum absolute atomic E-state index is 0.0566. The lowest BCUT2D eigenvalue weighted by atomic mass is 10.1. The Morgan fingerprint density at radius 3 is 2.94 bits per heavy atom. The number of hydrogen-bond acceptors (Lipinski definition) is 3. The lowest BCUT2D eigenvalue weighted by Crippen LogP contribution is -2.32. The number of benzene rings is 1. The number of aliphatic hydroxyl groups is 1. The highest BCUT2D eigenvalue weighted by Crippen LogP contribution is 2.07. The molecule has 0 bridgehead atoms. The number of carbonyl (C=O) groups excluding carboxylic acids is 1. The largest absolute Gasteiger partial charge is 0.399 e. The summed E-state index contributed by atoms with van der Waals surface area (Å²) >= 11 is 0. The molecule has 1 aromatic rings. The van der Waals surface area contributed by atoms with E-state index in [2.05, 4.69) is 5.32 Å². The van der Waals surface area contributed by atoms with Crippen molar-refractivity contribution >= 4 is 11.6 Å². The Morgan fingerprint density at radius 1 is 1.56 bits per heavy atom. The molecule has 1 aromatic carbocycles. The number of aliphatic hydroxyl groups excluding tert-OH is 1. The lowest BCUT2D eigenvalue weighted by molar-refractivity contribution is 0.0936. The molecule has 1 rings (SSSR count). The standard InChI is InChI=1S/C12H18N2O2/c1-9(4-3-7-15)14-12(16)10-5-2-6-11(13)8-10/h2,5-6,8-9,15H,3-4,7,13H2,1H3,(H,14,16). The SMILES string of the molecule is CC(CCCO)NC(=O)c1cccc(N)c1. The minimum Gasteiger partial charge on any atom is -0.399 e. The third kappa shape index (κ3) is 3.90. The molecule has 0 saturated carbocycles. The van der Waals surface area contributed by atoms with Crippen molar-refractivity contribution in [1.29, 1.82) is 0 Å².